The van der Waals surface area contributed by atoms with Crippen LogP contribution in [0, 0.1) is 0 Å². The molecule has 8 aromatic carbocycles. The van der Waals surface area contributed by atoms with Gasteiger partial charge >= 0.3 is 0 Å². The van der Waals surface area contributed by atoms with Gasteiger partial charge in [-0.1, -0.05) is 170 Å². The number of furan rings is 1. The third kappa shape index (κ3) is 6.22. The van der Waals surface area contributed by atoms with E-state index in [1.165, 1.54) is 49.6 Å². The highest BCUT2D eigenvalue weighted by Gasteiger charge is 2.22. The van der Waals surface area contributed by atoms with E-state index in [0.29, 0.717) is 17.5 Å². The number of benzene rings is 8. The number of para-hydroxylation sites is 3. The van der Waals surface area contributed by atoms with Crippen LogP contribution in [0.3, 0.4) is 0 Å². The Morgan fingerprint density at radius 3 is 1.97 bits per heavy atom. The average Bonchev–Trinajstić information content (AvgIpc) is 3.90. The molecule has 292 valence electrons. The van der Waals surface area contributed by atoms with Crippen molar-refractivity contribution < 1.29 is 4.42 Å². The van der Waals surface area contributed by atoms with Crippen LogP contribution in [-0.4, -0.2) is 19.5 Å². The van der Waals surface area contributed by atoms with Crippen LogP contribution < -0.4 is 0 Å². The van der Waals surface area contributed by atoms with Crippen molar-refractivity contribution in [3.63, 3.8) is 0 Å². The van der Waals surface area contributed by atoms with Crippen LogP contribution >= 0.6 is 0 Å². The van der Waals surface area contributed by atoms with Gasteiger partial charge in [-0.2, -0.15) is 0 Å². The molecule has 0 radical (unpaired) electrons. The summed E-state index contributed by atoms with van der Waals surface area (Å²) in [4.78, 5) is 15.4. The highest BCUT2D eigenvalue weighted by Crippen LogP contribution is 2.40. The zero-order valence-corrected chi connectivity index (χ0v) is 33.7. The maximum atomic E-state index is 6.46. The highest BCUT2D eigenvalue weighted by molar-refractivity contribution is 6.11. The maximum Gasteiger partial charge on any atom is 0.167 e. The Bertz CT molecular complexity index is 3560. The van der Waals surface area contributed by atoms with Crippen LogP contribution in [0.4, 0.5) is 0 Å². The lowest BCUT2D eigenvalue weighted by Gasteiger charge is -2.20. The summed E-state index contributed by atoms with van der Waals surface area (Å²) in [6, 6.07) is 68.5. The number of aromatic nitrogens is 4. The van der Waals surface area contributed by atoms with E-state index in [-0.39, 0.29) is 5.92 Å². The number of fused-ring (bicyclic) bond motifs is 6. The van der Waals surface area contributed by atoms with Crippen LogP contribution in [0.15, 0.2) is 217 Å². The molecule has 12 rings (SSSR count). The smallest absolute Gasteiger partial charge is 0.167 e. The molecule has 0 N–H and O–H groups in total. The summed E-state index contributed by atoms with van der Waals surface area (Å²) >= 11 is 0. The molecule has 0 fully saturated rings. The first-order valence-corrected chi connectivity index (χ1v) is 21.1. The minimum absolute atomic E-state index is 0.110. The monoisotopic (exact) mass is 794 g/mol. The molecule has 0 bridgehead atoms. The largest absolute Gasteiger partial charge is 0.455 e. The minimum Gasteiger partial charge on any atom is -0.455 e. The van der Waals surface area contributed by atoms with E-state index >= 15 is 0 Å². The fraction of sp³-hybridized carbons (Fsp3) is 0.0351. The van der Waals surface area contributed by atoms with Gasteiger partial charge in [-0.15, -0.1) is 0 Å². The number of hydrogen-bond acceptors (Lipinski definition) is 4. The zero-order valence-electron chi connectivity index (χ0n) is 33.7. The van der Waals surface area contributed by atoms with Crippen molar-refractivity contribution in [3.8, 4) is 50.7 Å². The van der Waals surface area contributed by atoms with Crippen molar-refractivity contribution in [2.24, 2.45) is 0 Å². The van der Waals surface area contributed by atoms with Crippen molar-refractivity contribution in [2.75, 3.05) is 0 Å². The predicted octanol–water partition coefficient (Wildman–Crippen LogP) is 14.7. The summed E-state index contributed by atoms with van der Waals surface area (Å²) in [6.07, 6.45) is 7.33. The van der Waals surface area contributed by atoms with E-state index < -0.39 is 0 Å². The lowest BCUT2D eigenvalue weighted by atomic mass is 9.87. The lowest BCUT2D eigenvalue weighted by Crippen LogP contribution is -2.07. The standard InChI is InChI=1S/C57H38N4O/c1-3-15-37(16-4-1)39-19-11-20-40(33-39)43-31-32-47-46-25-7-9-29-51(46)61(52(47)36-43)45-24-13-22-42(35-45)41-21-12-23-44(34-41)56-58-55(38-17-5-2-6-18-38)59-57(60-56)50-28-14-27-49-48-26-8-10-30-53(48)62-54(49)50/h1-33,35-36,41H,34H2. The van der Waals surface area contributed by atoms with E-state index in [2.05, 4.69) is 162 Å². The molecule has 0 amide bonds. The summed E-state index contributed by atoms with van der Waals surface area (Å²) in [6.45, 7) is 0. The third-order valence-electron chi connectivity index (χ3n) is 12.2. The molecule has 0 saturated heterocycles. The molecular weight excluding hydrogens is 757 g/mol. The fourth-order valence-electron chi connectivity index (χ4n) is 9.18. The molecule has 62 heavy (non-hydrogen) atoms. The van der Waals surface area contributed by atoms with Crippen LogP contribution in [0.5, 0.6) is 0 Å². The Balaban J connectivity index is 0.926. The van der Waals surface area contributed by atoms with Gasteiger partial charge in [-0.05, 0) is 82.3 Å². The van der Waals surface area contributed by atoms with Crippen LogP contribution in [-0.2, 0) is 0 Å². The quantitative estimate of drug-likeness (QED) is 0.161. The van der Waals surface area contributed by atoms with E-state index in [1.54, 1.807) is 0 Å². The molecule has 1 aliphatic carbocycles. The Morgan fingerprint density at radius 1 is 0.452 bits per heavy atom. The Kier molecular flexibility index (Phi) is 8.56. The first kappa shape index (κ1) is 35.8. The van der Waals surface area contributed by atoms with Gasteiger partial charge in [-0.3, -0.25) is 0 Å². The summed E-state index contributed by atoms with van der Waals surface area (Å²) in [5.74, 6) is 1.99. The molecule has 5 nitrogen and oxygen atoms in total. The van der Waals surface area contributed by atoms with Crippen molar-refractivity contribution in [1.29, 1.82) is 0 Å². The topological polar surface area (TPSA) is 56.7 Å². The maximum absolute atomic E-state index is 6.46. The van der Waals surface area contributed by atoms with E-state index in [4.69, 9.17) is 19.4 Å². The number of rotatable bonds is 7. The van der Waals surface area contributed by atoms with Gasteiger partial charge in [0.25, 0.3) is 0 Å². The van der Waals surface area contributed by atoms with E-state index in [9.17, 15) is 0 Å². The van der Waals surface area contributed by atoms with Crippen LogP contribution in [0.2, 0.25) is 0 Å². The normalized spacial score (nSPS) is 13.9. The molecule has 3 heterocycles. The molecule has 3 aromatic heterocycles. The molecule has 5 heteroatoms. The van der Waals surface area contributed by atoms with Gasteiger partial charge in [0.1, 0.15) is 11.2 Å². The van der Waals surface area contributed by atoms with Gasteiger partial charge in [0.15, 0.2) is 17.5 Å². The molecule has 1 atom stereocenters. The molecule has 11 aromatic rings. The number of hydrogen-bond donors (Lipinski definition) is 0. The van der Waals surface area contributed by atoms with Crippen molar-refractivity contribution >= 4 is 49.3 Å². The Labute approximate surface area is 358 Å². The second-order valence-corrected chi connectivity index (χ2v) is 16.0. The van der Waals surface area contributed by atoms with Crippen LogP contribution in [0.25, 0.3) is 100 Å². The van der Waals surface area contributed by atoms with Crippen molar-refractivity contribution in [1.82, 2.24) is 19.5 Å². The van der Waals surface area contributed by atoms with Gasteiger partial charge in [0.05, 0.1) is 16.6 Å². The first-order valence-electron chi connectivity index (χ1n) is 21.1. The number of allylic oxidation sites excluding steroid dienone is 4. The van der Waals surface area contributed by atoms with Gasteiger partial charge < -0.3 is 8.98 Å². The fourth-order valence-corrected chi connectivity index (χ4v) is 9.18. The summed E-state index contributed by atoms with van der Waals surface area (Å²) in [5, 5.41) is 4.58. The third-order valence-corrected chi connectivity index (χ3v) is 12.2. The molecular formula is C57H38N4O. The predicted molar refractivity (Wildman–Crippen MR) is 254 cm³/mol. The molecule has 1 unspecified atom stereocenters. The summed E-state index contributed by atoms with van der Waals surface area (Å²) < 4.78 is 8.88. The molecule has 0 saturated carbocycles. The summed E-state index contributed by atoms with van der Waals surface area (Å²) in [5.41, 5.74) is 14.0. The highest BCUT2D eigenvalue weighted by atomic mass is 16.3. The minimum atomic E-state index is 0.110. The SMILES string of the molecule is C1=CC(c2cccc(-n3c4ccccc4c4ccc(-c5cccc(-c6ccccc6)c5)cc43)c2)CC(c2nc(-c3ccccc3)nc(-c3cccc4c3oc3ccccc34)n2)=C1. The molecule has 0 aliphatic heterocycles. The van der Waals surface area contributed by atoms with Gasteiger partial charge in [0, 0.05) is 38.7 Å². The van der Waals surface area contributed by atoms with E-state index in [0.717, 1.165) is 50.7 Å². The first-order chi connectivity index (χ1) is 30.7. The van der Waals surface area contributed by atoms with Crippen molar-refractivity contribution in [3.05, 3.63) is 224 Å². The lowest BCUT2D eigenvalue weighted by molar-refractivity contribution is 0.669. The summed E-state index contributed by atoms with van der Waals surface area (Å²) in [7, 11) is 0. The zero-order chi connectivity index (χ0) is 41.0. The van der Waals surface area contributed by atoms with Gasteiger partial charge in [0.2, 0.25) is 0 Å². The Morgan fingerprint density at radius 2 is 1.10 bits per heavy atom. The van der Waals surface area contributed by atoms with Gasteiger partial charge in [-0.25, -0.2) is 15.0 Å². The van der Waals surface area contributed by atoms with Crippen LogP contribution in [0.1, 0.15) is 23.7 Å². The second-order valence-electron chi connectivity index (χ2n) is 16.0. The average molecular weight is 795 g/mol. The molecule has 1 aliphatic rings. The second kappa shape index (κ2) is 14.8. The number of nitrogens with zero attached hydrogens (tertiary/aromatic N) is 4. The van der Waals surface area contributed by atoms with E-state index in [1.807, 2.05) is 54.6 Å². The Hall–Kier alpha value is -8.15. The van der Waals surface area contributed by atoms with Crippen molar-refractivity contribution in [2.45, 2.75) is 12.3 Å². The molecule has 0 spiro atoms.